The van der Waals surface area contributed by atoms with E-state index in [0.717, 1.165) is 6.42 Å². The van der Waals surface area contributed by atoms with Crippen LogP contribution in [0.4, 0.5) is 0 Å². The normalized spacial score (nSPS) is 13.8. The molecule has 0 aliphatic carbocycles. The maximum Gasteiger partial charge on any atom is 0.341 e. The molecule has 0 radical (unpaired) electrons. The lowest BCUT2D eigenvalue weighted by molar-refractivity contribution is 0.0695. The number of aryl methyl sites for hydroxylation is 1. The smallest absolute Gasteiger partial charge is 0.341 e. The van der Waals surface area contributed by atoms with Crippen LogP contribution in [0.15, 0.2) is 16.7 Å². The molecular weight excluding hydrogens is 298 g/mol. The molecule has 1 aliphatic heterocycles. The van der Waals surface area contributed by atoms with Gasteiger partial charge in [0.15, 0.2) is 11.5 Å². The minimum absolute atomic E-state index is 0.0144. The number of hydrogen-bond donors (Lipinski definition) is 1. The van der Waals surface area contributed by atoms with Crippen molar-refractivity contribution in [1.82, 2.24) is 5.16 Å². The summed E-state index contributed by atoms with van der Waals surface area (Å²) in [6.45, 7) is 2.58. The Morgan fingerprint density at radius 2 is 2.10 bits per heavy atom. The molecule has 0 unspecified atom stereocenters. The zero-order chi connectivity index (χ0) is 15.0. The minimum Gasteiger partial charge on any atom is -0.489 e. The monoisotopic (exact) mass is 309 g/mol. The molecule has 1 aliphatic rings. The second-order valence-corrected chi connectivity index (χ2v) is 5.01. The van der Waals surface area contributed by atoms with Crippen LogP contribution in [0, 0.1) is 6.92 Å². The van der Waals surface area contributed by atoms with Gasteiger partial charge in [-0.3, -0.25) is 0 Å². The number of rotatable bonds is 2. The first-order valence-electron chi connectivity index (χ1n) is 6.37. The molecule has 0 saturated carbocycles. The highest BCUT2D eigenvalue weighted by molar-refractivity contribution is 6.32. The molecule has 0 fully saturated rings. The van der Waals surface area contributed by atoms with Gasteiger partial charge in [-0.05, 0) is 19.1 Å². The van der Waals surface area contributed by atoms with Crippen molar-refractivity contribution in [1.29, 1.82) is 0 Å². The van der Waals surface area contributed by atoms with Crippen LogP contribution in [-0.2, 0) is 0 Å². The molecule has 0 atom stereocenters. The zero-order valence-electron chi connectivity index (χ0n) is 11.2. The molecular formula is C14H12ClNO5. The Bertz CT molecular complexity index is 710. The van der Waals surface area contributed by atoms with Crippen molar-refractivity contribution in [3.8, 4) is 22.8 Å². The van der Waals surface area contributed by atoms with Crippen molar-refractivity contribution < 1.29 is 23.9 Å². The van der Waals surface area contributed by atoms with Gasteiger partial charge in [0.1, 0.15) is 17.0 Å². The van der Waals surface area contributed by atoms with Crippen LogP contribution in [0.2, 0.25) is 5.02 Å². The van der Waals surface area contributed by atoms with Gasteiger partial charge in [0.2, 0.25) is 0 Å². The molecule has 3 rings (SSSR count). The Hall–Kier alpha value is -2.21. The summed E-state index contributed by atoms with van der Waals surface area (Å²) >= 11 is 6.20. The number of benzene rings is 1. The number of hydrogen-bond acceptors (Lipinski definition) is 5. The van der Waals surface area contributed by atoms with Gasteiger partial charge in [0.05, 0.1) is 18.2 Å². The summed E-state index contributed by atoms with van der Waals surface area (Å²) in [6, 6.07) is 3.26. The molecule has 0 bridgehead atoms. The van der Waals surface area contributed by atoms with Crippen molar-refractivity contribution >= 4 is 17.6 Å². The first-order chi connectivity index (χ1) is 10.1. The SMILES string of the molecule is Cc1onc(-c2cc(Cl)c3c(c2)OCCCO3)c1C(=O)O. The number of carbonyl (C=O) groups is 1. The lowest BCUT2D eigenvalue weighted by Crippen LogP contribution is -2.00. The quantitative estimate of drug-likeness (QED) is 0.917. The van der Waals surface area contributed by atoms with Gasteiger partial charge in [-0.1, -0.05) is 16.8 Å². The number of carboxylic acid groups (broad SMARTS) is 1. The Labute approximate surface area is 125 Å². The van der Waals surface area contributed by atoms with E-state index in [4.69, 9.17) is 25.6 Å². The van der Waals surface area contributed by atoms with Gasteiger partial charge in [0, 0.05) is 12.0 Å². The second-order valence-electron chi connectivity index (χ2n) is 4.60. The van der Waals surface area contributed by atoms with E-state index in [1.165, 1.54) is 0 Å². The van der Waals surface area contributed by atoms with E-state index in [2.05, 4.69) is 5.16 Å². The minimum atomic E-state index is -1.10. The summed E-state index contributed by atoms with van der Waals surface area (Å²) in [5.41, 5.74) is 0.747. The maximum atomic E-state index is 11.3. The fourth-order valence-corrected chi connectivity index (χ4v) is 2.45. The van der Waals surface area contributed by atoms with Crippen LogP contribution >= 0.6 is 11.6 Å². The molecule has 2 heterocycles. The van der Waals surface area contributed by atoms with Gasteiger partial charge < -0.3 is 19.1 Å². The third-order valence-corrected chi connectivity index (χ3v) is 3.43. The van der Waals surface area contributed by atoms with E-state index < -0.39 is 5.97 Å². The summed E-state index contributed by atoms with van der Waals surface area (Å²) < 4.78 is 16.1. The predicted octanol–water partition coefficient (Wildman–Crippen LogP) is 3.16. The Balaban J connectivity index is 2.14. The molecule has 7 heteroatoms. The molecule has 6 nitrogen and oxygen atoms in total. The largest absolute Gasteiger partial charge is 0.489 e. The Morgan fingerprint density at radius 1 is 1.33 bits per heavy atom. The Morgan fingerprint density at radius 3 is 2.86 bits per heavy atom. The number of aromatic nitrogens is 1. The average molecular weight is 310 g/mol. The Kier molecular flexibility index (Phi) is 3.47. The van der Waals surface area contributed by atoms with Crippen molar-refractivity contribution in [3.05, 3.63) is 28.5 Å². The topological polar surface area (TPSA) is 81.8 Å². The summed E-state index contributed by atoms with van der Waals surface area (Å²) in [5, 5.41) is 13.4. The molecule has 110 valence electrons. The second kappa shape index (κ2) is 5.29. The third kappa shape index (κ3) is 2.42. The number of aromatic carboxylic acids is 1. The molecule has 1 aromatic heterocycles. The van der Waals surface area contributed by atoms with E-state index in [0.29, 0.717) is 35.3 Å². The summed E-state index contributed by atoms with van der Waals surface area (Å²) in [5.74, 6) is 0.0784. The van der Waals surface area contributed by atoms with Crippen LogP contribution < -0.4 is 9.47 Å². The molecule has 0 amide bonds. The highest BCUT2D eigenvalue weighted by Crippen LogP contribution is 2.41. The summed E-state index contributed by atoms with van der Waals surface area (Å²) in [6.07, 6.45) is 0.754. The molecule has 2 aromatic rings. The van der Waals surface area contributed by atoms with Gasteiger partial charge in [0.25, 0.3) is 0 Å². The first-order valence-corrected chi connectivity index (χ1v) is 6.75. The highest BCUT2D eigenvalue weighted by atomic mass is 35.5. The summed E-state index contributed by atoms with van der Waals surface area (Å²) in [4.78, 5) is 11.3. The van der Waals surface area contributed by atoms with E-state index >= 15 is 0 Å². The molecule has 1 aromatic carbocycles. The molecule has 21 heavy (non-hydrogen) atoms. The fourth-order valence-electron chi connectivity index (χ4n) is 2.19. The van der Waals surface area contributed by atoms with Crippen LogP contribution in [0.1, 0.15) is 22.5 Å². The standard InChI is InChI=1S/C14H12ClNO5/c1-7-11(14(17)18)12(16-21-7)8-5-9(15)13-10(6-8)19-3-2-4-20-13/h5-6H,2-4H2,1H3,(H,17,18). The fraction of sp³-hybridized carbons (Fsp3) is 0.286. The lowest BCUT2D eigenvalue weighted by atomic mass is 10.1. The number of fused-ring (bicyclic) bond motifs is 1. The first kappa shape index (κ1) is 13.8. The van der Waals surface area contributed by atoms with Crippen LogP contribution in [0.25, 0.3) is 11.3 Å². The maximum absolute atomic E-state index is 11.3. The van der Waals surface area contributed by atoms with E-state index in [1.807, 2.05) is 0 Å². The molecule has 0 spiro atoms. The van der Waals surface area contributed by atoms with Crippen LogP contribution in [0.5, 0.6) is 11.5 Å². The number of carboxylic acids is 1. The average Bonchev–Trinajstić information content (AvgIpc) is 2.67. The predicted molar refractivity (Wildman–Crippen MR) is 74.3 cm³/mol. The van der Waals surface area contributed by atoms with Crippen molar-refractivity contribution in [2.45, 2.75) is 13.3 Å². The third-order valence-electron chi connectivity index (χ3n) is 3.15. The van der Waals surface area contributed by atoms with Gasteiger partial charge >= 0.3 is 5.97 Å². The zero-order valence-corrected chi connectivity index (χ0v) is 11.9. The number of nitrogens with zero attached hydrogens (tertiary/aromatic N) is 1. The lowest BCUT2D eigenvalue weighted by Gasteiger charge is -2.10. The van der Waals surface area contributed by atoms with Gasteiger partial charge in [-0.15, -0.1) is 0 Å². The van der Waals surface area contributed by atoms with E-state index in [-0.39, 0.29) is 17.0 Å². The number of ether oxygens (including phenoxy) is 2. The van der Waals surface area contributed by atoms with E-state index in [9.17, 15) is 9.90 Å². The van der Waals surface area contributed by atoms with Gasteiger partial charge in [-0.2, -0.15) is 0 Å². The van der Waals surface area contributed by atoms with Crippen molar-refractivity contribution in [2.75, 3.05) is 13.2 Å². The van der Waals surface area contributed by atoms with Crippen molar-refractivity contribution in [2.24, 2.45) is 0 Å². The van der Waals surface area contributed by atoms with Crippen LogP contribution in [-0.4, -0.2) is 29.4 Å². The van der Waals surface area contributed by atoms with Crippen molar-refractivity contribution in [3.63, 3.8) is 0 Å². The summed E-state index contributed by atoms with van der Waals surface area (Å²) in [7, 11) is 0. The highest BCUT2D eigenvalue weighted by Gasteiger charge is 2.24. The van der Waals surface area contributed by atoms with Crippen LogP contribution in [0.3, 0.4) is 0 Å². The van der Waals surface area contributed by atoms with E-state index in [1.54, 1.807) is 19.1 Å². The molecule has 1 N–H and O–H groups in total. The number of halogens is 1. The molecule has 0 saturated heterocycles. The van der Waals surface area contributed by atoms with Gasteiger partial charge in [-0.25, -0.2) is 4.79 Å².